The molecule has 1 saturated heterocycles. The first-order valence-electron chi connectivity index (χ1n) is 9.05. The summed E-state index contributed by atoms with van der Waals surface area (Å²) >= 11 is 0. The van der Waals surface area contributed by atoms with Gasteiger partial charge in [0.05, 0.1) is 12.0 Å². The van der Waals surface area contributed by atoms with Gasteiger partial charge in [-0.2, -0.15) is 0 Å². The van der Waals surface area contributed by atoms with E-state index in [9.17, 15) is 19.2 Å². The Morgan fingerprint density at radius 1 is 1.22 bits per heavy atom. The number of likely N-dealkylation sites (tertiary alicyclic amines) is 1. The number of benzene rings is 1. The topological polar surface area (TPSA) is 105 Å². The van der Waals surface area contributed by atoms with Gasteiger partial charge >= 0.3 is 12.0 Å². The third-order valence-electron chi connectivity index (χ3n) is 4.75. The Kier molecular flexibility index (Phi) is 5.73. The lowest BCUT2D eigenvalue weighted by Crippen LogP contribution is -2.42. The van der Waals surface area contributed by atoms with Gasteiger partial charge in [0.1, 0.15) is 0 Å². The van der Waals surface area contributed by atoms with E-state index in [0.29, 0.717) is 0 Å². The molecule has 0 bridgehead atoms. The van der Waals surface area contributed by atoms with Gasteiger partial charge < -0.3 is 15.0 Å². The molecule has 1 aliphatic carbocycles. The number of hydrogen-bond donors (Lipinski definition) is 2. The molecule has 3 rings (SSSR count). The zero-order chi connectivity index (χ0) is 19.4. The van der Waals surface area contributed by atoms with Crippen molar-refractivity contribution in [1.82, 2.24) is 15.5 Å². The van der Waals surface area contributed by atoms with Gasteiger partial charge in [-0.1, -0.05) is 30.3 Å². The monoisotopic (exact) mass is 373 g/mol. The number of carbonyl (C=O) groups excluding carboxylic acids is 4. The summed E-state index contributed by atoms with van der Waals surface area (Å²) in [6.45, 7) is 1.61. The second-order valence-electron chi connectivity index (χ2n) is 6.94. The fourth-order valence-corrected chi connectivity index (χ4v) is 3.04. The van der Waals surface area contributed by atoms with Crippen LogP contribution >= 0.6 is 0 Å². The van der Waals surface area contributed by atoms with Crippen molar-refractivity contribution in [2.45, 2.75) is 38.3 Å². The summed E-state index contributed by atoms with van der Waals surface area (Å²) in [5.74, 6) is -2.04. The first-order chi connectivity index (χ1) is 12.9. The lowest BCUT2D eigenvalue weighted by Gasteiger charge is -2.25. The number of esters is 1. The van der Waals surface area contributed by atoms with Crippen LogP contribution < -0.4 is 10.6 Å². The van der Waals surface area contributed by atoms with Crippen LogP contribution in [0.4, 0.5) is 4.79 Å². The summed E-state index contributed by atoms with van der Waals surface area (Å²) in [7, 11) is 0. The van der Waals surface area contributed by atoms with E-state index < -0.39 is 30.4 Å². The number of amides is 4. The molecule has 144 valence electrons. The predicted octanol–water partition coefficient (Wildman–Crippen LogP) is 1.13. The molecule has 4 amide bonds. The van der Waals surface area contributed by atoms with Crippen molar-refractivity contribution in [1.29, 1.82) is 0 Å². The molecule has 8 nitrogen and oxygen atoms in total. The first-order valence-corrected chi connectivity index (χ1v) is 9.05. The third-order valence-corrected chi connectivity index (χ3v) is 4.75. The molecule has 1 heterocycles. The van der Waals surface area contributed by atoms with Crippen LogP contribution in [0.15, 0.2) is 30.3 Å². The standard InChI is InChI=1S/C19H23N3O5/c1-12(13-5-3-2-4-6-13)22-10-14(9-17(22)24)18(25)27-11-16(23)21-19(26)20-15-7-8-15/h2-6,12,14-15H,7-11H2,1H3,(H2,20,21,23,26)/t12-,14-/m1/s1. The fraction of sp³-hybridized carbons (Fsp3) is 0.474. The Morgan fingerprint density at radius 3 is 2.59 bits per heavy atom. The molecule has 2 fully saturated rings. The quantitative estimate of drug-likeness (QED) is 0.727. The van der Waals surface area contributed by atoms with Crippen molar-refractivity contribution in [3.8, 4) is 0 Å². The van der Waals surface area contributed by atoms with Crippen LogP contribution in [0.1, 0.15) is 37.8 Å². The van der Waals surface area contributed by atoms with Gasteiger partial charge in [-0.25, -0.2) is 4.79 Å². The van der Waals surface area contributed by atoms with E-state index in [1.807, 2.05) is 37.3 Å². The van der Waals surface area contributed by atoms with E-state index in [1.165, 1.54) is 0 Å². The molecule has 1 aromatic carbocycles. The third kappa shape index (κ3) is 5.06. The van der Waals surface area contributed by atoms with Crippen LogP contribution in [0.2, 0.25) is 0 Å². The summed E-state index contributed by atoms with van der Waals surface area (Å²) in [5, 5.41) is 4.72. The maximum atomic E-state index is 12.3. The Bertz CT molecular complexity index is 732. The number of rotatable bonds is 6. The number of imide groups is 1. The summed E-state index contributed by atoms with van der Waals surface area (Å²) < 4.78 is 4.98. The zero-order valence-electron chi connectivity index (χ0n) is 15.1. The number of nitrogens with one attached hydrogen (secondary N) is 2. The first kappa shape index (κ1) is 18.9. The molecule has 1 saturated carbocycles. The number of urea groups is 1. The maximum Gasteiger partial charge on any atom is 0.321 e. The molecular weight excluding hydrogens is 350 g/mol. The van der Waals surface area contributed by atoms with Crippen molar-refractivity contribution >= 4 is 23.8 Å². The number of carbonyl (C=O) groups is 4. The van der Waals surface area contributed by atoms with Gasteiger partial charge in [-0.15, -0.1) is 0 Å². The van der Waals surface area contributed by atoms with Gasteiger partial charge in [-0.05, 0) is 25.3 Å². The lowest BCUT2D eigenvalue weighted by molar-refractivity contribution is -0.152. The van der Waals surface area contributed by atoms with E-state index in [4.69, 9.17) is 4.74 Å². The van der Waals surface area contributed by atoms with E-state index in [0.717, 1.165) is 18.4 Å². The fourth-order valence-electron chi connectivity index (χ4n) is 3.04. The molecule has 27 heavy (non-hydrogen) atoms. The summed E-state index contributed by atoms with van der Waals surface area (Å²) in [6, 6.07) is 8.96. The number of nitrogens with zero attached hydrogens (tertiary/aromatic N) is 1. The minimum absolute atomic E-state index is 0.0553. The Labute approximate surface area is 157 Å². The van der Waals surface area contributed by atoms with Crippen LogP contribution in [-0.4, -0.2) is 47.9 Å². The average molecular weight is 373 g/mol. The van der Waals surface area contributed by atoms with Gasteiger partial charge in [0.2, 0.25) is 5.91 Å². The zero-order valence-corrected chi connectivity index (χ0v) is 15.1. The van der Waals surface area contributed by atoms with Crippen molar-refractivity contribution in [3.05, 3.63) is 35.9 Å². The van der Waals surface area contributed by atoms with E-state index in [-0.39, 0.29) is 31.0 Å². The number of hydrogen-bond acceptors (Lipinski definition) is 5. The van der Waals surface area contributed by atoms with Gasteiger partial charge in [0.25, 0.3) is 5.91 Å². The summed E-state index contributed by atoms with van der Waals surface area (Å²) in [4.78, 5) is 49.3. The number of ether oxygens (including phenoxy) is 1. The molecule has 0 spiro atoms. The maximum absolute atomic E-state index is 12.3. The Morgan fingerprint density at radius 2 is 1.93 bits per heavy atom. The second-order valence-corrected chi connectivity index (χ2v) is 6.94. The van der Waals surface area contributed by atoms with Crippen molar-refractivity contribution in [2.24, 2.45) is 5.92 Å². The van der Waals surface area contributed by atoms with E-state index in [2.05, 4.69) is 10.6 Å². The highest BCUT2D eigenvalue weighted by Crippen LogP contribution is 2.28. The minimum Gasteiger partial charge on any atom is -0.455 e. The molecule has 0 radical (unpaired) electrons. The van der Waals surface area contributed by atoms with Crippen LogP contribution in [-0.2, 0) is 19.1 Å². The molecule has 1 aromatic rings. The van der Waals surface area contributed by atoms with Crippen molar-refractivity contribution < 1.29 is 23.9 Å². The SMILES string of the molecule is C[C@H](c1ccccc1)N1C[C@H](C(=O)OCC(=O)NC(=O)NC2CC2)CC1=O. The highest BCUT2D eigenvalue weighted by Gasteiger charge is 2.38. The Hall–Kier alpha value is -2.90. The van der Waals surface area contributed by atoms with Gasteiger partial charge in [0.15, 0.2) is 6.61 Å². The van der Waals surface area contributed by atoms with Crippen molar-refractivity contribution in [2.75, 3.05) is 13.2 Å². The van der Waals surface area contributed by atoms with E-state index in [1.54, 1.807) is 4.90 Å². The van der Waals surface area contributed by atoms with Crippen LogP contribution in [0.3, 0.4) is 0 Å². The summed E-state index contributed by atoms with van der Waals surface area (Å²) in [5.41, 5.74) is 0.987. The highest BCUT2D eigenvalue weighted by atomic mass is 16.5. The Balaban J connectivity index is 1.45. The van der Waals surface area contributed by atoms with Crippen molar-refractivity contribution in [3.63, 3.8) is 0 Å². The lowest BCUT2D eigenvalue weighted by atomic mass is 10.1. The molecular formula is C19H23N3O5. The largest absolute Gasteiger partial charge is 0.455 e. The van der Waals surface area contributed by atoms with Crippen LogP contribution in [0.5, 0.6) is 0 Å². The molecule has 2 atom stereocenters. The van der Waals surface area contributed by atoms with E-state index >= 15 is 0 Å². The second kappa shape index (κ2) is 8.20. The minimum atomic E-state index is -0.694. The molecule has 2 N–H and O–H groups in total. The molecule has 8 heteroatoms. The molecule has 1 aliphatic heterocycles. The van der Waals surface area contributed by atoms with Crippen LogP contribution in [0.25, 0.3) is 0 Å². The molecule has 2 aliphatic rings. The molecule has 0 aromatic heterocycles. The van der Waals surface area contributed by atoms with Gasteiger partial charge in [0, 0.05) is 19.0 Å². The average Bonchev–Trinajstić information content (AvgIpc) is 3.38. The molecule has 0 unspecified atom stereocenters. The predicted molar refractivity (Wildman–Crippen MR) is 95.3 cm³/mol. The van der Waals surface area contributed by atoms with Gasteiger partial charge in [-0.3, -0.25) is 19.7 Å². The highest BCUT2D eigenvalue weighted by molar-refractivity contribution is 5.96. The summed E-state index contributed by atoms with van der Waals surface area (Å²) in [6.07, 6.45) is 1.87. The normalized spacial score (nSPS) is 20.1. The van der Waals surface area contributed by atoms with Crippen LogP contribution in [0, 0.1) is 5.92 Å². The smallest absolute Gasteiger partial charge is 0.321 e.